The van der Waals surface area contributed by atoms with Crippen LogP contribution in [0.4, 0.5) is 19.4 Å². The molecule has 4 aromatic heterocycles. The number of aliphatic hydroxyl groups excluding tert-OH is 1. The number of nitrogens with zero attached hydrogens (tertiary/aromatic N) is 7. The van der Waals surface area contributed by atoms with Crippen molar-refractivity contribution >= 4 is 40.3 Å². The Bertz CT molecular complexity index is 2160. The number of rotatable bonds is 7. The maximum Gasteiger partial charge on any atom is 0.407 e. The van der Waals surface area contributed by atoms with Gasteiger partial charge in [0.15, 0.2) is 17.8 Å². The Kier molecular flexibility index (Phi) is 8.60. The highest BCUT2D eigenvalue weighted by Gasteiger charge is 2.35. The number of amides is 1. The molecule has 1 aliphatic heterocycles. The fourth-order valence-corrected chi connectivity index (χ4v) is 6.45. The van der Waals surface area contributed by atoms with E-state index < -0.39 is 41.2 Å². The lowest BCUT2D eigenvalue weighted by atomic mass is 9.99. The number of carbonyl (C=O) groups excluding carboxylic acids is 1. The second kappa shape index (κ2) is 12.7. The second-order valence-corrected chi connectivity index (χ2v) is 12.2. The van der Waals surface area contributed by atoms with Gasteiger partial charge < -0.3 is 20.0 Å². The number of aliphatic hydroxyl groups is 1. The maximum absolute atomic E-state index is 16.2. The summed E-state index contributed by atoms with van der Waals surface area (Å²) in [6, 6.07) is 7.37. The highest BCUT2D eigenvalue weighted by atomic mass is 19.1. The van der Waals surface area contributed by atoms with E-state index in [1.165, 1.54) is 21.6 Å². The molecule has 0 bridgehead atoms. The van der Waals surface area contributed by atoms with E-state index in [1.54, 1.807) is 37.1 Å². The van der Waals surface area contributed by atoms with Crippen LogP contribution in [-0.4, -0.2) is 83.8 Å². The minimum absolute atomic E-state index is 0.0689. The van der Waals surface area contributed by atoms with Crippen molar-refractivity contribution in [3.63, 3.8) is 0 Å². The largest absolute Gasteiger partial charge is 0.465 e. The van der Waals surface area contributed by atoms with E-state index in [0.717, 1.165) is 12.1 Å². The number of carbonyl (C=O) groups is 2. The van der Waals surface area contributed by atoms with Crippen LogP contribution in [0.2, 0.25) is 0 Å². The number of anilines is 1. The molecular weight excluding hydrogens is 624 g/mol. The van der Waals surface area contributed by atoms with Crippen LogP contribution in [0.3, 0.4) is 0 Å². The summed E-state index contributed by atoms with van der Waals surface area (Å²) < 4.78 is 32.7. The van der Waals surface area contributed by atoms with Crippen LogP contribution >= 0.6 is 0 Å². The topological polar surface area (TPSA) is 155 Å². The zero-order chi connectivity index (χ0) is 34.4. The third-order valence-corrected chi connectivity index (χ3v) is 8.69. The van der Waals surface area contributed by atoms with Crippen molar-refractivity contribution in [2.45, 2.75) is 52.1 Å². The number of carboxylic acid groups (broad SMARTS) is 1. The van der Waals surface area contributed by atoms with Gasteiger partial charge in [-0.3, -0.25) is 9.78 Å². The van der Waals surface area contributed by atoms with E-state index in [9.17, 15) is 24.6 Å². The molecule has 0 unspecified atom stereocenters. The zero-order valence-electron chi connectivity index (χ0n) is 26.7. The molecule has 248 valence electrons. The quantitative estimate of drug-likeness (QED) is 0.235. The van der Waals surface area contributed by atoms with Crippen molar-refractivity contribution in [3.05, 3.63) is 81.5 Å². The lowest BCUT2D eigenvalue weighted by Crippen LogP contribution is -2.58. The van der Waals surface area contributed by atoms with Gasteiger partial charge in [-0.15, -0.1) is 0 Å². The SMILES string of the molecule is CC(C)c1nc2cccnc2c(CCO)c1-n1c(=O)nc(N2C[C@@H](C)N(C(=O)O)C[C@@H]2C)c2cc(F)c(-c3c(F)cccc3C=O)nc21. The highest BCUT2D eigenvalue weighted by molar-refractivity contribution is 5.94. The van der Waals surface area contributed by atoms with Gasteiger partial charge >= 0.3 is 11.8 Å². The van der Waals surface area contributed by atoms with Crippen LogP contribution in [0.1, 0.15) is 55.2 Å². The molecule has 5 heterocycles. The number of benzene rings is 1. The summed E-state index contributed by atoms with van der Waals surface area (Å²) in [6.45, 7) is 7.18. The van der Waals surface area contributed by atoms with E-state index in [-0.39, 0.29) is 65.7 Å². The molecule has 1 amide bonds. The van der Waals surface area contributed by atoms with Gasteiger partial charge in [-0.1, -0.05) is 26.0 Å². The van der Waals surface area contributed by atoms with E-state index in [2.05, 4.69) is 15.0 Å². The number of pyridine rings is 3. The fraction of sp³-hybridized carbons (Fsp3) is 0.324. The van der Waals surface area contributed by atoms with Crippen LogP contribution < -0.4 is 10.6 Å². The lowest BCUT2D eigenvalue weighted by Gasteiger charge is -2.43. The van der Waals surface area contributed by atoms with Gasteiger partial charge in [0.05, 0.1) is 27.8 Å². The lowest BCUT2D eigenvalue weighted by molar-refractivity contribution is 0.112. The van der Waals surface area contributed by atoms with Gasteiger partial charge in [0.1, 0.15) is 17.3 Å². The third-order valence-electron chi connectivity index (χ3n) is 8.69. The minimum Gasteiger partial charge on any atom is -0.465 e. The number of aldehydes is 1. The fourth-order valence-electron chi connectivity index (χ4n) is 6.45. The first kappa shape index (κ1) is 32.6. The Morgan fingerprint density at radius 3 is 2.52 bits per heavy atom. The van der Waals surface area contributed by atoms with Crippen LogP contribution in [0.15, 0.2) is 47.4 Å². The first-order valence-electron chi connectivity index (χ1n) is 15.5. The van der Waals surface area contributed by atoms with Gasteiger partial charge in [0.25, 0.3) is 0 Å². The molecule has 12 nitrogen and oxygen atoms in total. The van der Waals surface area contributed by atoms with Gasteiger partial charge in [-0.25, -0.2) is 32.9 Å². The third kappa shape index (κ3) is 5.41. The predicted octanol–water partition coefficient (Wildman–Crippen LogP) is 4.72. The molecule has 0 aliphatic carbocycles. The highest BCUT2D eigenvalue weighted by Crippen LogP contribution is 2.36. The van der Waals surface area contributed by atoms with E-state index in [1.807, 2.05) is 13.8 Å². The molecule has 1 aliphatic rings. The molecule has 6 rings (SSSR count). The summed E-state index contributed by atoms with van der Waals surface area (Å²) in [5, 5.41) is 20.0. The average molecular weight is 658 g/mol. The zero-order valence-corrected chi connectivity index (χ0v) is 26.7. The number of piperazine rings is 1. The normalized spacial score (nSPS) is 16.7. The summed E-state index contributed by atoms with van der Waals surface area (Å²) in [4.78, 5) is 59.6. The molecule has 5 aromatic rings. The van der Waals surface area contributed by atoms with Crippen molar-refractivity contribution in [2.24, 2.45) is 0 Å². The smallest absolute Gasteiger partial charge is 0.407 e. The van der Waals surface area contributed by atoms with E-state index in [4.69, 9.17) is 4.98 Å². The first-order valence-corrected chi connectivity index (χ1v) is 15.5. The number of hydrogen-bond acceptors (Lipinski definition) is 9. The summed E-state index contributed by atoms with van der Waals surface area (Å²) in [5.74, 6) is -2.05. The van der Waals surface area contributed by atoms with Gasteiger partial charge in [0, 0.05) is 54.7 Å². The van der Waals surface area contributed by atoms with E-state index >= 15 is 8.78 Å². The second-order valence-electron chi connectivity index (χ2n) is 12.2. The van der Waals surface area contributed by atoms with Crippen molar-refractivity contribution in [1.82, 2.24) is 29.4 Å². The molecule has 48 heavy (non-hydrogen) atoms. The Hall–Kier alpha value is -5.37. The molecule has 1 saturated heterocycles. The summed E-state index contributed by atoms with van der Waals surface area (Å²) >= 11 is 0. The van der Waals surface area contributed by atoms with Crippen molar-refractivity contribution in [2.75, 3.05) is 24.6 Å². The van der Waals surface area contributed by atoms with Gasteiger partial charge in [-0.2, -0.15) is 4.98 Å². The monoisotopic (exact) mass is 657 g/mol. The molecule has 0 saturated carbocycles. The summed E-state index contributed by atoms with van der Waals surface area (Å²) in [7, 11) is 0. The van der Waals surface area contributed by atoms with Gasteiger partial charge in [0.2, 0.25) is 0 Å². The molecule has 2 N–H and O–H groups in total. The number of hydrogen-bond donors (Lipinski definition) is 2. The Labute approximate surface area is 273 Å². The van der Waals surface area contributed by atoms with Gasteiger partial charge in [-0.05, 0) is 50.5 Å². The molecule has 1 fully saturated rings. The van der Waals surface area contributed by atoms with Crippen LogP contribution in [0.5, 0.6) is 0 Å². The molecule has 2 atom stereocenters. The van der Waals surface area contributed by atoms with Crippen molar-refractivity contribution in [1.29, 1.82) is 0 Å². The number of aromatic nitrogens is 5. The van der Waals surface area contributed by atoms with Crippen molar-refractivity contribution < 1.29 is 28.6 Å². The Morgan fingerprint density at radius 1 is 1.06 bits per heavy atom. The van der Waals surface area contributed by atoms with E-state index in [0.29, 0.717) is 28.6 Å². The van der Waals surface area contributed by atoms with Crippen LogP contribution in [0.25, 0.3) is 39.0 Å². The first-order chi connectivity index (χ1) is 23.0. The summed E-state index contributed by atoms with van der Waals surface area (Å²) in [6.07, 6.45) is 0.944. The molecule has 14 heteroatoms. The Balaban J connectivity index is 1.76. The molecule has 0 radical (unpaired) electrons. The Morgan fingerprint density at radius 2 is 1.83 bits per heavy atom. The number of fused-ring (bicyclic) bond motifs is 2. The molecule has 0 spiro atoms. The standard InChI is InChI=1S/C34H33F2N7O5/c1-17(2)27-30(21(10-12-44)28-25(38-27)9-6-11-37-28)43-32-22(13-24(36)29(39-32)26-20(16-45)7-5-8-23(26)35)31(40-33(43)46)41-14-19(4)42(34(47)48)15-18(41)3/h5-9,11,13,16-19,44H,10,12,14-15H2,1-4H3,(H,47,48)/t18-,19+/m0/s1. The summed E-state index contributed by atoms with van der Waals surface area (Å²) in [5.41, 5.74) is 0.243. The minimum atomic E-state index is -1.09. The van der Waals surface area contributed by atoms with Crippen LogP contribution in [-0.2, 0) is 6.42 Å². The van der Waals surface area contributed by atoms with Crippen molar-refractivity contribution in [3.8, 4) is 16.9 Å². The average Bonchev–Trinajstić information content (AvgIpc) is 3.05. The maximum atomic E-state index is 16.2. The molecular formula is C34H33F2N7O5. The molecule has 1 aromatic carbocycles. The van der Waals surface area contributed by atoms with Crippen LogP contribution in [0, 0.1) is 11.6 Å². The predicted molar refractivity (Wildman–Crippen MR) is 175 cm³/mol. The number of halogens is 2.